The van der Waals surface area contributed by atoms with Crippen molar-refractivity contribution < 1.29 is 4.74 Å². The highest BCUT2D eigenvalue weighted by molar-refractivity contribution is 6.31. The predicted molar refractivity (Wildman–Crippen MR) is 85.4 cm³/mol. The van der Waals surface area contributed by atoms with Crippen molar-refractivity contribution in [1.29, 1.82) is 0 Å². The zero-order valence-corrected chi connectivity index (χ0v) is 12.5. The van der Waals surface area contributed by atoms with Crippen molar-refractivity contribution in [2.45, 2.75) is 13.2 Å². The molecule has 2 N–H and O–H groups in total. The number of nitrogens with zero attached hydrogens (tertiary/aromatic N) is 2. The van der Waals surface area contributed by atoms with Crippen LogP contribution < -0.4 is 5.73 Å². The summed E-state index contributed by atoms with van der Waals surface area (Å²) in [5.74, 6) is 0.838. The highest BCUT2D eigenvalue weighted by atomic mass is 35.5. The van der Waals surface area contributed by atoms with Gasteiger partial charge in [-0.05, 0) is 23.8 Å². The van der Waals surface area contributed by atoms with Crippen LogP contribution in [0.15, 0.2) is 42.5 Å². The highest BCUT2D eigenvalue weighted by Crippen LogP contribution is 2.25. The highest BCUT2D eigenvalue weighted by Gasteiger charge is 2.13. The van der Waals surface area contributed by atoms with Gasteiger partial charge in [0, 0.05) is 12.1 Å². The molecule has 0 saturated carbocycles. The van der Waals surface area contributed by atoms with E-state index in [-0.39, 0.29) is 0 Å². The minimum absolute atomic E-state index is 0.429. The molecule has 0 unspecified atom stereocenters. The van der Waals surface area contributed by atoms with Gasteiger partial charge in [0.1, 0.15) is 17.9 Å². The summed E-state index contributed by atoms with van der Waals surface area (Å²) in [6.07, 6.45) is 0. The lowest BCUT2D eigenvalue weighted by molar-refractivity contribution is 0.175. The Morgan fingerprint density at radius 3 is 2.76 bits per heavy atom. The fourth-order valence-electron chi connectivity index (χ4n) is 2.43. The molecule has 5 heteroatoms. The minimum Gasteiger partial charge on any atom is -0.397 e. The molecule has 0 spiro atoms. The molecule has 0 aliphatic carbocycles. The number of rotatable bonds is 4. The van der Waals surface area contributed by atoms with Crippen molar-refractivity contribution in [3.63, 3.8) is 0 Å². The third-order valence-electron chi connectivity index (χ3n) is 3.45. The molecule has 3 rings (SSSR count). The molecule has 3 aromatic rings. The van der Waals surface area contributed by atoms with E-state index in [4.69, 9.17) is 22.1 Å². The fraction of sp³-hybridized carbons (Fsp3) is 0.188. The number of hydrogen-bond donors (Lipinski definition) is 1. The average molecular weight is 302 g/mol. The van der Waals surface area contributed by atoms with Crippen LogP contribution in [-0.4, -0.2) is 16.7 Å². The van der Waals surface area contributed by atoms with Crippen LogP contribution in [0.1, 0.15) is 11.4 Å². The molecular formula is C16H16ClN3O. The third-order valence-corrected chi connectivity index (χ3v) is 3.82. The number of hydrogen-bond acceptors (Lipinski definition) is 3. The molecule has 2 aromatic carbocycles. The van der Waals surface area contributed by atoms with Crippen LogP contribution in [0, 0.1) is 0 Å². The van der Waals surface area contributed by atoms with Crippen molar-refractivity contribution in [3.8, 4) is 0 Å². The van der Waals surface area contributed by atoms with Crippen LogP contribution in [-0.2, 0) is 17.9 Å². The summed E-state index contributed by atoms with van der Waals surface area (Å²) in [7, 11) is 1.66. The number of nitrogens with two attached hydrogens (primary N) is 1. The maximum atomic E-state index is 6.26. The van der Waals surface area contributed by atoms with Gasteiger partial charge in [-0.25, -0.2) is 4.98 Å². The molecular weight excluding hydrogens is 286 g/mol. The topological polar surface area (TPSA) is 53.1 Å². The van der Waals surface area contributed by atoms with Gasteiger partial charge < -0.3 is 15.0 Å². The van der Waals surface area contributed by atoms with Crippen molar-refractivity contribution in [1.82, 2.24) is 9.55 Å². The number of anilines is 1. The quantitative estimate of drug-likeness (QED) is 0.751. The second-order valence-electron chi connectivity index (χ2n) is 4.85. The van der Waals surface area contributed by atoms with Crippen molar-refractivity contribution in [2.24, 2.45) is 0 Å². The van der Waals surface area contributed by atoms with Gasteiger partial charge in [0.2, 0.25) is 0 Å². The first-order valence-corrected chi connectivity index (χ1v) is 7.04. The Bertz CT molecular complexity index is 782. The van der Waals surface area contributed by atoms with Gasteiger partial charge in [0.15, 0.2) is 0 Å². The lowest BCUT2D eigenvalue weighted by atomic mass is 10.2. The molecule has 0 saturated heterocycles. The summed E-state index contributed by atoms with van der Waals surface area (Å²) in [6.45, 7) is 1.07. The third kappa shape index (κ3) is 2.60. The van der Waals surface area contributed by atoms with Crippen LogP contribution in [0.25, 0.3) is 11.0 Å². The molecule has 0 bridgehead atoms. The van der Waals surface area contributed by atoms with Gasteiger partial charge in [-0.2, -0.15) is 0 Å². The van der Waals surface area contributed by atoms with E-state index in [1.165, 1.54) is 0 Å². The smallest absolute Gasteiger partial charge is 0.136 e. The van der Waals surface area contributed by atoms with E-state index in [2.05, 4.69) is 9.55 Å². The molecule has 0 aliphatic rings. The van der Waals surface area contributed by atoms with Crippen LogP contribution in [0.5, 0.6) is 0 Å². The lowest BCUT2D eigenvalue weighted by Crippen LogP contribution is -2.06. The number of nitrogen functional groups attached to an aromatic ring is 1. The summed E-state index contributed by atoms with van der Waals surface area (Å²) in [6, 6.07) is 13.6. The summed E-state index contributed by atoms with van der Waals surface area (Å²) in [5, 5.41) is 0.742. The zero-order valence-electron chi connectivity index (χ0n) is 11.7. The Balaban J connectivity index is 2.13. The van der Waals surface area contributed by atoms with Crippen molar-refractivity contribution in [2.75, 3.05) is 12.8 Å². The molecule has 1 heterocycles. The second-order valence-corrected chi connectivity index (χ2v) is 5.26. The molecule has 0 radical (unpaired) electrons. The van der Waals surface area contributed by atoms with Crippen molar-refractivity contribution in [3.05, 3.63) is 58.9 Å². The Morgan fingerprint density at radius 2 is 2.00 bits per heavy atom. The van der Waals surface area contributed by atoms with E-state index in [1.807, 2.05) is 42.5 Å². The van der Waals surface area contributed by atoms with Gasteiger partial charge >= 0.3 is 0 Å². The first-order valence-electron chi connectivity index (χ1n) is 6.66. The molecule has 1 aromatic heterocycles. The lowest BCUT2D eigenvalue weighted by Gasteiger charge is -2.10. The predicted octanol–water partition coefficient (Wildman–Crippen LogP) is 3.47. The summed E-state index contributed by atoms with van der Waals surface area (Å²) < 4.78 is 7.34. The first-order chi connectivity index (χ1) is 10.2. The molecule has 0 aliphatic heterocycles. The molecule has 4 nitrogen and oxygen atoms in total. The Kier molecular flexibility index (Phi) is 3.82. The summed E-state index contributed by atoms with van der Waals surface area (Å²) in [4.78, 5) is 4.60. The standard InChI is InChI=1S/C16H16ClN3O/c1-21-10-15-19-16-13(18)7-4-8-14(16)20(15)9-11-5-2-3-6-12(11)17/h2-8H,9-10,18H2,1H3. The van der Waals surface area contributed by atoms with Gasteiger partial charge in [0.05, 0.1) is 17.7 Å². The SMILES string of the molecule is COCc1nc2c(N)cccc2n1Cc1ccccc1Cl. The first kappa shape index (κ1) is 13.9. The Labute approximate surface area is 128 Å². The second kappa shape index (κ2) is 5.76. The van der Waals surface area contributed by atoms with E-state index in [1.54, 1.807) is 7.11 Å². The molecule has 21 heavy (non-hydrogen) atoms. The number of fused-ring (bicyclic) bond motifs is 1. The van der Waals surface area contributed by atoms with E-state index in [0.717, 1.165) is 27.4 Å². The van der Waals surface area contributed by atoms with Gasteiger partial charge in [-0.3, -0.25) is 0 Å². The van der Waals surface area contributed by atoms with Gasteiger partial charge in [-0.1, -0.05) is 35.9 Å². The van der Waals surface area contributed by atoms with Crippen LogP contribution in [0.3, 0.4) is 0 Å². The number of halogens is 1. The summed E-state index contributed by atoms with van der Waals surface area (Å²) >= 11 is 6.26. The van der Waals surface area contributed by atoms with E-state index >= 15 is 0 Å². The molecule has 108 valence electrons. The number of benzene rings is 2. The number of imidazole rings is 1. The normalized spacial score (nSPS) is 11.1. The average Bonchev–Trinajstić information content (AvgIpc) is 2.82. The monoisotopic (exact) mass is 301 g/mol. The van der Waals surface area contributed by atoms with E-state index in [9.17, 15) is 0 Å². The maximum absolute atomic E-state index is 6.26. The van der Waals surface area contributed by atoms with Crippen LogP contribution in [0.2, 0.25) is 5.02 Å². The minimum atomic E-state index is 0.429. The maximum Gasteiger partial charge on any atom is 0.136 e. The molecule has 0 amide bonds. The van der Waals surface area contributed by atoms with Crippen LogP contribution >= 0.6 is 11.6 Å². The Hall–Kier alpha value is -2.04. The summed E-state index contributed by atoms with van der Waals surface area (Å²) in [5.41, 5.74) is 9.51. The van der Waals surface area contributed by atoms with Crippen LogP contribution in [0.4, 0.5) is 5.69 Å². The van der Waals surface area contributed by atoms with E-state index in [0.29, 0.717) is 18.8 Å². The van der Waals surface area contributed by atoms with Gasteiger partial charge in [0.25, 0.3) is 0 Å². The number of para-hydroxylation sites is 1. The number of ether oxygens (including phenoxy) is 1. The molecule has 0 atom stereocenters. The zero-order chi connectivity index (χ0) is 14.8. The Morgan fingerprint density at radius 1 is 1.19 bits per heavy atom. The van der Waals surface area contributed by atoms with E-state index < -0.39 is 0 Å². The number of aromatic nitrogens is 2. The number of methoxy groups -OCH3 is 1. The molecule has 0 fully saturated rings. The fourth-order valence-corrected chi connectivity index (χ4v) is 2.62. The van der Waals surface area contributed by atoms with Crippen molar-refractivity contribution >= 4 is 28.3 Å². The van der Waals surface area contributed by atoms with Gasteiger partial charge in [-0.15, -0.1) is 0 Å². The largest absolute Gasteiger partial charge is 0.397 e.